The largest absolute Gasteiger partial charge is 0.478 e. The molecule has 0 amide bonds. The lowest BCUT2D eigenvalue weighted by molar-refractivity contribution is 0.0698. The number of anilines is 1. The van der Waals surface area contributed by atoms with Crippen molar-refractivity contribution in [2.24, 2.45) is 7.05 Å². The molecule has 0 aliphatic carbocycles. The highest BCUT2D eigenvalue weighted by atomic mass is 16.4. The molecule has 0 saturated heterocycles. The summed E-state index contributed by atoms with van der Waals surface area (Å²) in [5.41, 5.74) is 3.32. The van der Waals surface area contributed by atoms with Crippen molar-refractivity contribution in [3.8, 4) is 17.4 Å². The minimum atomic E-state index is -1.04. The Kier molecular flexibility index (Phi) is 5.53. The average molecular weight is 479 g/mol. The van der Waals surface area contributed by atoms with Gasteiger partial charge in [-0.05, 0) is 55.8 Å². The van der Waals surface area contributed by atoms with Crippen LogP contribution < -0.4 is 10.7 Å². The van der Waals surface area contributed by atoms with E-state index in [1.807, 2.05) is 51.4 Å². The maximum atomic E-state index is 13.5. The number of hydrogen-bond donors (Lipinski definition) is 2. The lowest BCUT2D eigenvalue weighted by atomic mass is 9.98. The Labute approximate surface area is 206 Å². The first-order valence-corrected chi connectivity index (χ1v) is 11.3. The first kappa shape index (κ1) is 22.9. The number of nitrogens with zero attached hydrogens (tertiary/aromatic N) is 3. The highest BCUT2D eigenvalue weighted by Gasteiger charge is 2.22. The van der Waals surface area contributed by atoms with Gasteiger partial charge in [0.1, 0.15) is 17.2 Å². The van der Waals surface area contributed by atoms with Gasteiger partial charge in [-0.1, -0.05) is 18.2 Å². The van der Waals surface area contributed by atoms with Gasteiger partial charge in [-0.2, -0.15) is 10.4 Å². The van der Waals surface area contributed by atoms with Gasteiger partial charge in [-0.3, -0.25) is 9.48 Å². The van der Waals surface area contributed by atoms with Crippen LogP contribution in [0, 0.1) is 18.3 Å². The Morgan fingerprint density at radius 3 is 2.72 bits per heavy atom. The Morgan fingerprint density at radius 2 is 1.97 bits per heavy atom. The lowest BCUT2D eigenvalue weighted by Crippen LogP contribution is -2.14. The highest BCUT2D eigenvalue weighted by Crippen LogP contribution is 2.33. The van der Waals surface area contributed by atoms with Crippen molar-refractivity contribution in [3.63, 3.8) is 0 Å². The first-order valence-electron chi connectivity index (χ1n) is 11.3. The van der Waals surface area contributed by atoms with Gasteiger partial charge in [0.25, 0.3) is 0 Å². The maximum absolute atomic E-state index is 13.5. The van der Waals surface area contributed by atoms with Crippen LogP contribution in [0.1, 0.15) is 40.0 Å². The van der Waals surface area contributed by atoms with Crippen LogP contribution in [0.5, 0.6) is 0 Å². The first-order chi connectivity index (χ1) is 17.3. The third-order valence-electron chi connectivity index (χ3n) is 6.15. The van der Waals surface area contributed by atoms with Crippen LogP contribution in [0.2, 0.25) is 0 Å². The summed E-state index contributed by atoms with van der Waals surface area (Å²) in [4.78, 5) is 25.1. The molecule has 0 aliphatic rings. The van der Waals surface area contributed by atoms with Gasteiger partial charge in [-0.25, -0.2) is 4.79 Å². The number of carboxylic acids is 1. The third-order valence-corrected chi connectivity index (χ3v) is 6.15. The summed E-state index contributed by atoms with van der Waals surface area (Å²) in [6, 6.07) is 17.3. The third kappa shape index (κ3) is 3.87. The van der Waals surface area contributed by atoms with Crippen molar-refractivity contribution in [2.45, 2.75) is 19.9 Å². The van der Waals surface area contributed by atoms with Crippen molar-refractivity contribution >= 4 is 33.5 Å². The summed E-state index contributed by atoms with van der Waals surface area (Å²) in [6.45, 7) is 3.73. The molecule has 0 radical (unpaired) electrons. The molecule has 8 heteroatoms. The van der Waals surface area contributed by atoms with Crippen LogP contribution in [-0.2, 0) is 7.05 Å². The zero-order chi connectivity index (χ0) is 25.6. The predicted molar refractivity (Wildman–Crippen MR) is 137 cm³/mol. The number of aromatic nitrogens is 2. The summed E-state index contributed by atoms with van der Waals surface area (Å²) in [5, 5.41) is 28.2. The van der Waals surface area contributed by atoms with Crippen molar-refractivity contribution in [3.05, 3.63) is 93.3 Å². The fourth-order valence-corrected chi connectivity index (χ4v) is 4.50. The van der Waals surface area contributed by atoms with Crippen LogP contribution in [0.15, 0.2) is 70.0 Å². The SMILES string of the molecule is Cc1cc(C(C)Nc2ccccc2C(=O)O)c2oc(-c3ccc4nn(C)cc4c3)c(C#N)c(=O)c2c1. The fraction of sp³-hybridized carbons (Fsp3) is 0.143. The van der Waals surface area contributed by atoms with Gasteiger partial charge in [0, 0.05) is 35.4 Å². The number of hydrogen-bond acceptors (Lipinski definition) is 6. The lowest BCUT2D eigenvalue weighted by Gasteiger charge is -2.19. The average Bonchev–Trinajstić information content (AvgIpc) is 3.23. The van der Waals surface area contributed by atoms with E-state index < -0.39 is 17.4 Å². The van der Waals surface area contributed by atoms with Gasteiger partial charge in [0.15, 0.2) is 5.76 Å². The molecule has 0 bridgehead atoms. The fourth-order valence-electron chi connectivity index (χ4n) is 4.50. The van der Waals surface area contributed by atoms with Crippen molar-refractivity contribution in [1.82, 2.24) is 9.78 Å². The van der Waals surface area contributed by atoms with E-state index in [9.17, 15) is 20.0 Å². The summed E-state index contributed by atoms with van der Waals surface area (Å²) < 4.78 is 8.02. The number of nitrogens with one attached hydrogen (secondary N) is 1. The molecule has 2 heterocycles. The number of benzene rings is 3. The number of aryl methyl sites for hydroxylation is 2. The van der Waals surface area contributed by atoms with Crippen LogP contribution >= 0.6 is 0 Å². The molecule has 36 heavy (non-hydrogen) atoms. The van der Waals surface area contributed by atoms with Crippen LogP contribution in [0.25, 0.3) is 33.2 Å². The van der Waals surface area contributed by atoms with E-state index in [0.717, 1.165) is 16.5 Å². The van der Waals surface area contributed by atoms with Crippen LogP contribution in [-0.4, -0.2) is 20.9 Å². The number of para-hydroxylation sites is 1. The van der Waals surface area contributed by atoms with E-state index in [1.165, 1.54) is 6.07 Å². The molecular weight excluding hydrogens is 456 g/mol. The van der Waals surface area contributed by atoms with E-state index in [1.54, 1.807) is 35.0 Å². The molecule has 5 aromatic rings. The van der Waals surface area contributed by atoms with Gasteiger partial charge in [0.05, 0.1) is 22.5 Å². The number of carbonyl (C=O) groups is 1. The van der Waals surface area contributed by atoms with Gasteiger partial charge in [-0.15, -0.1) is 0 Å². The second kappa shape index (κ2) is 8.71. The normalized spacial score (nSPS) is 11.9. The van der Waals surface area contributed by atoms with E-state index >= 15 is 0 Å². The minimum absolute atomic E-state index is 0.0703. The Morgan fingerprint density at radius 1 is 1.19 bits per heavy atom. The van der Waals surface area contributed by atoms with Gasteiger partial charge >= 0.3 is 5.97 Å². The molecule has 3 aromatic carbocycles. The topological polar surface area (TPSA) is 121 Å². The Balaban J connectivity index is 1.71. The predicted octanol–water partition coefficient (Wildman–Crippen LogP) is 5.40. The molecule has 0 aliphatic heterocycles. The molecule has 0 fully saturated rings. The molecular formula is C28H22N4O4. The van der Waals surface area contributed by atoms with E-state index in [4.69, 9.17) is 4.42 Å². The number of fused-ring (bicyclic) bond motifs is 2. The van der Waals surface area contributed by atoms with Gasteiger partial charge < -0.3 is 14.8 Å². The highest BCUT2D eigenvalue weighted by molar-refractivity contribution is 5.94. The van der Waals surface area contributed by atoms with Crippen molar-refractivity contribution < 1.29 is 14.3 Å². The molecule has 0 saturated carbocycles. The summed E-state index contributed by atoms with van der Waals surface area (Å²) in [5.74, 6) is -0.860. The smallest absolute Gasteiger partial charge is 0.337 e. The summed E-state index contributed by atoms with van der Waals surface area (Å²) in [7, 11) is 1.82. The second-order valence-electron chi connectivity index (χ2n) is 8.77. The monoisotopic (exact) mass is 478 g/mol. The van der Waals surface area contributed by atoms with Gasteiger partial charge in [0.2, 0.25) is 5.43 Å². The molecule has 8 nitrogen and oxygen atoms in total. The number of rotatable bonds is 5. The Hall–Kier alpha value is -4.90. The molecule has 2 aromatic heterocycles. The molecule has 0 spiro atoms. The number of nitriles is 1. The molecule has 2 N–H and O–H groups in total. The van der Waals surface area contributed by atoms with Crippen molar-refractivity contribution in [1.29, 1.82) is 5.26 Å². The summed E-state index contributed by atoms with van der Waals surface area (Å²) in [6.07, 6.45) is 1.85. The standard InChI is InChI=1S/C28H22N4O4/c1-15-10-20(16(2)30-24-7-5-4-6-19(24)28(34)35)27-21(11-15)25(33)22(13-29)26(36-27)17-8-9-23-18(12-17)14-32(3)31-23/h4-12,14,16,30H,1-3H3,(H,34,35). The van der Waals surface area contributed by atoms with E-state index in [-0.39, 0.29) is 16.9 Å². The number of carboxylic acid groups (broad SMARTS) is 1. The number of aromatic carboxylic acids is 1. The summed E-state index contributed by atoms with van der Waals surface area (Å²) >= 11 is 0. The van der Waals surface area contributed by atoms with E-state index in [2.05, 4.69) is 10.4 Å². The quantitative estimate of drug-likeness (QED) is 0.347. The van der Waals surface area contributed by atoms with Crippen molar-refractivity contribution in [2.75, 3.05) is 5.32 Å². The zero-order valence-electron chi connectivity index (χ0n) is 19.9. The molecule has 178 valence electrons. The minimum Gasteiger partial charge on any atom is -0.478 e. The second-order valence-corrected chi connectivity index (χ2v) is 8.77. The van der Waals surface area contributed by atoms with E-state index in [0.29, 0.717) is 27.8 Å². The zero-order valence-corrected chi connectivity index (χ0v) is 19.9. The Bertz CT molecular complexity index is 1780. The molecule has 1 unspecified atom stereocenters. The van der Waals surface area contributed by atoms with Crippen LogP contribution in [0.3, 0.4) is 0 Å². The van der Waals surface area contributed by atoms with Crippen LogP contribution in [0.4, 0.5) is 5.69 Å². The molecule has 1 atom stereocenters. The molecule has 5 rings (SSSR count). The maximum Gasteiger partial charge on any atom is 0.337 e.